The van der Waals surface area contributed by atoms with Crippen LogP contribution in [-0.2, 0) is 0 Å². The number of hydrogen-bond acceptors (Lipinski definition) is 4. The van der Waals surface area contributed by atoms with Crippen molar-refractivity contribution >= 4 is 0 Å². The highest BCUT2D eigenvalue weighted by atomic mass is 15.5. The van der Waals surface area contributed by atoms with E-state index in [2.05, 4.69) is 34.2 Å². The fraction of sp³-hybridized carbons (Fsp3) is 0.600. The highest BCUT2D eigenvalue weighted by molar-refractivity contribution is 5.41. The number of hydrazine groups is 1. The number of fused-ring (bicyclic) bond motifs is 2. The van der Waals surface area contributed by atoms with Gasteiger partial charge in [-0.05, 0) is 6.92 Å². The van der Waals surface area contributed by atoms with Crippen LogP contribution >= 0.6 is 0 Å². The van der Waals surface area contributed by atoms with Crippen LogP contribution in [0, 0.1) is 0 Å². The van der Waals surface area contributed by atoms with E-state index in [0.717, 1.165) is 26.1 Å². The van der Waals surface area contributed by atoms with Gasteiger partial charge in [0, 0.05) is 43.0 Å². The number of nitrogens with one attached hydrogen (secondary N) is 3. The lowest BCUT2D eigenvalue weighted by atomic mass is 10.0. The van der Waals surface area contributed by atoms with Gasteiger partial charge < -0.3 is 16.1 Å². The van der Waals surface area contributed by atoms with E-state index in [9.17, 15) is 0 Å². The minimum absolute atomic E-state index is 0.594. The van der Waals surface area contributed by atoms with E-state index in [1.807, 2.05) is 0 Å². The average Bonchev–Trinajstić information content (AvgIpc) is 2.54. The fourth-order valence-electron chi connectivity index (χ4n) is 2.32. The topological polar surface area (TPSA) is 39.3 Å². The van der Waals surface area contributed by atoms with E-state index in [0.29, 0.717) is 6.04 Å². The fourth-order valence-corrected chi connectivity index (χ4v) is 2.32. The maximum atomic E-state index is 3.49. The molecule has 0 spiro atoms. The Labute approximate surface area is 84.0 Å². The molecule has 3 heterocycles. The SMILES string of the molecule is CC1CC2=C(CN1)C1=CNCCN1N2. The number of nitrogens with zero attached hydrogens (tertiary/aromatic N) is 1. The molecule has 4 nitrogen and oxygen atoms in total. The molecule has 0 aliphatic carbocycles. The van der Waals surface area contributed by atoms with Gasteiger partial charge in [-0.25, -0.2) is 0 Å². The van der Waals surface area contributed by atoms with Crippen molar-refractivity contribution in [2.75, 3.05) is 19.6 Å². The first-order valence-corrected chi connectivity index (χ1v) is 5.28. The van der Waals surface area contributed by atoms with Crippen molar-refractivity contribution in [3.63, 3.8) is 0 Å². The molecule has 0 bridgehead atoms. The first-order valence-electron chi connectivity index (χ1n) is 5.28. The Hall–Kier alpha value is -1.16. The standard InChI is InChI=1S/C10H16N4/c1-7-4-9-8(5-12-7)10-6-11-2-3-14(10)13-9/h6-7,11-13H,2-5H2,1H3. The molecule has 0 saturated carbocycles. The first kappa shape index (κ1) is 8.17. The second-order valence-corrected chi connectivity index (χ2v) is 4.19. The Morgan fingerprint density at radius 2 is 2.43 bits per heavy atom. The molecule has 0 amide bonds. The molecule has 0 aromatic rings. The molecule has 76 valence electrons. The molecule has 0 radical (unpaired) electrons. The summed E-state index contributed by atoms with van der Waals surface area (Å²) >= 11 is 0. The Bertz CT molecular complexity index is 318. The molecule has 1 unspecified atom stereocenters. The predicted octanol–water partition coefficient (Wildman–Crippen LogP) is -0.113. The number of hydrogen-bond donors (Lipinski definition) is 3. The second kappa shape index (κ2) is 2.92. The van der Waals surface area contributed by atoms with Gasteiger partial charge in [-0.3, -0.25) is 5.01 Å². The smallest absolute Gasteiger partial charge is 0.0792 e. The minimum atomic E-state index is 0.594. The quantitative estimate of drug-likeness (QED) is 0.501. The molecular formula is C10H16N4. The number of rotatable bonds is 0. The van der Waals surface area contributed by atoms with E-state index in [1.54, 1.807) is 0 Å². The van der Waals surface area contributed by atoms with Crippen molar-refractivity contribution in [2.24, 2.45) is 0 Å². The van der Waals surface area contributed by atoms with Gasteiger partial charge in [0.25, 0.3) is 0 Å². The van der Waals surface area contributed by atoms with Gasteiger partial charge in [0.2, 0.25) is 0 Å². The summed E-state index contributed by atoms with van der Waals surface area (Å²) in [6.07, 6.45) is 3.24. The summed E-state index contributed by atoms with van der Waals surface area (Å²) in [5.41, 5.74) is 7.66. The van der Waals surface area contributed by atoms with E-state index >= 15 is 0 Å². The molecule has 3 rings (SSSR count). The maximum Gasteiger partial charge on any atom is 0.0792 e. The second-order valence-electron chi connectivity index (χ2n) is 4.19. The molecule has 3 aliphatic heterocycles. The van der Waals surface area contributed by atoms with Crippen LogP contribution in [0.25, 0.3) is 0 Å². The molecule has 0 fully saturated rings. The molecule has 0 aromatic heterocycles. The largest absolute Gasteiger partial charge is 0.387 e. The predicted molar refractivity (Wildman–Crippen MR) is 55.0 cm³/mol. The molecule has 3 N–H and O–H groups in total. The molecule has 14 heavy (non-hydrogen) atoms. The molecule has 0 aromatic carbocycles. The van der Waals surface area contributed by atoms with Crippen LogP contribution in [0.15, 0.2) is 23.2 Å². The summed E-state index contributed by atoms with van der Waals surface area (Å²) in [6.45, 7) is 5.30. The molecule has 4 heteroatoms. The Morgan fingerprint density at radius 3 is 3.36 bits per heavy atom. The van der Waals surface area contributed by atoms with Crippen molar-refractivity contribution < 1.29 is 0 Å². The first-order chi connectivity index (χ1) is 6.84. The third-order valence-electron chi connectivity index (χ3n) is 3.09. The third kappa shape index (κ3) is 1.10. The van der Waals surface area contributed by atoms with E-state index in [1.165, 1.54) is 17.0 Å². The van der Waals surface area contributed by atoms with Crippen LogP contribution in [0.5, 0.6) is 0 Å². The van der Waals surface area contributed by atoms with Crippen molar-refractivity contribution in [1.29, 1.82) is 0 Å². The monoisotopic (exact) mass is 192 g/mol. The van der Waals surface area contributed by atoms with E-state index in [4.69, 9.17) is 0 Å². The van der Waals surface area contributed by atoms with Gasteiger partial charge >= 0.3 is 0 Å². The van der Waals surface area contributed by atoms with Gasteiger partial charge in [0.1, 0.15) is 0 Å². The molecule has 1 atom stereocenters. The van der Waals surface area contributed by atoms with Crippen LogP contribution < -0.4 is 16.1 Å². The highest BCUT2D eigenvalue weighted by Crippen LogP contribution is 2.29. The van der Waals surface area contributed by atoms with Crippen LogP contribution in [0.2, 0.25) is 0 Å². The third-order valence-corrected chi connectivity index (χ3v) is 3.09. The van der Waals surface area contributed by atoms with Crippen LogP contribution in [0.1, 0.15) is 13.3 Å². The van der Waals surface area contributed by atoms with E-state index < -0.39 is 0 Å². The lowest BCUT2D eigenvalue weighted by Gasteiger charge is -2.25. The van der Waals surface area contributed by atoms with Gasteiger partial charge in [-0.15, -0.1) is 0 Å². The normalized spacial score (nSPS) is 30.2. The molecular weight excluding hydrogens is 176 g/mol. The average molecular weight is 192 g/mol. The minimum Gasteiger partial charge on any atom is -0.387 e. The zero-order valence-corrected chi connectivity index (χ0v) is 8.43. The van der Waals surface area contributed by atoms with Crippen LogP contribution in [-0.4, -0.2) is 30.7 Å². The van der Waals surface area contributed by atoms with Gasteiger partial charge in [-0.1, -0.05) is 0 Å². The van der Waals surface area contributed by atoms with Gasteiger partial charge in [-0.2, -0.15) is 0 Å². The zero-order valence-electron chi connectivity index (χ0n) is 8.43. The van der Waals surface area contributed by atoms with Crippen LogP contribution in [0.3, 0.4) is 0 Å². The maximum absolute atomic E-state index is 3.49. The summed E-state index contributed by atoms with van der Waals surface area (Å²) in [4.78, 5) is 0. The van der Waals surface area contributed by atoms with Crippen molar-refractivity contribution in [1.82, 2.24) is 21.1 Å². The molecule has 3 aliphatic rings. The van der Waals surface area contributed by atoms with Crippen LogP contribution in [0.4, 0.5) is 0 Å². The van der Waals surface area contributed by atoms with Crippen molar-refractivity contribution in [3.05, 3.63) is 23.2 Å². The van der Waals surface area contributed by atoms with Gasteiger partial charge in [0.15, 0.2) is 0 Å². The van der Waals surface area contributed by atoms with Crippen molar-refractivity contribution in [3.8, 4) is 0 Å². The summed E-state index contributed by atoms with van der Waals surface area (Å²) in [5, 5.41) is 9.04. The summed E-state index contributed by atoms with van der Waals surface area (Å²) in [6, 6.07) is 0.594. The van der Waals surface area contributed by atoms with E-state index in [-0.39, 0.29) is 0 Å². The summed E-state index contributed by atoms with van der Waals surface area (Å²) in [5.74, 6) is 0. The summed E-state index contributed by atoms with van der Waals surface area (Å²) in [7, 11) is 0. The lowest BCUT2D eigenvalue weighted by Crippen LogP contribution is -2.40. The zero-order chi connectivity index (χ0) is 9.54. The van der Waals surface area contributed by atoms with Gasteiger partial charge in [0.05, 0.1) is 12.2 Å². The molecule has 0 saturated heterocycles. The Kier molecular flexibility index (Phi) is 1.70. The van der Waals surface area contributed by atoms with Crippen molar-refractivity contribution in [2.45, 2.75) is 19.4 Å². The highest BCUT2D eigenvalue weighted by Gasteiger charge is 2.30. The lowest BCUT2D eigenvalue weighted by molar-refractivity contribution is 0.286. The summed E-state index contributed by atoms with van der Waals surface area (Å²) < 4.78 is 0. The Balaban J connectivity index is 1.92. The Morgan fingerprint density at radius 1 is 1.50 bits per heavy atom.